The first-order valence-corrected chi connectivity index (χ1v) is 10.5. The smallest absolute Gasteiger partial charge is 0.194 e. The molecule has 148 valence electrons. The monoisotopic (exact) mass is 400 g/mol. The number of carbonyl (C=O) groups is 2. The van der Waals surface area contributed by atoms with Gasteiger partial charge in [-0.1, -0.05) is 80.6 Å². The van der Waals surface area contributed by atoms with Gasteiger partial charge in [0.2, 0.25) is 0 Å². The van der Waals surface area contributed by atoms with E-state index in [1.165, 1.54) is 16.7 Å². The van der Waals surface area contributed by atoms with Crippen LogP contribution in [0.4, 0.5) is 0 Å². The van der Waals surface area contributed by atoms with Crippen LogP contribution in [0.2, 0.25) is 0 Å². The molecule has 0 spiro atoms. The van der Waals surface area contributed by atoms with Crippen LogP contribution in [0.25, 0.3) is 22.3 Å². The first-order valence-electron chi connectivity index (χ1n) is 10.5. The van der Waals surface area contributed by atoms with Crippen LogP contribution in [0.3, 0.4) is 0 Å². The molecule has 2 nitrogen and oxygen atoms in total. The summed E-state index contributed by atoms with van der Waals surface area (Å²) in [6.45, 7) is 4.39. The van der Waals surface area contributed by atoms with Gasteiger partial charge in [0, 0.05) is 27.7 Å². The largest absolute Gasteiger partial charge is 0.289 e. The lowest BCUT2D eigenvalue weighted by molar-refractivity contribution is 0.0979. The lowest BCUT2D eigenvalue weighted by Crippen LogP contribution is -2.22. The lowest BCUT2D eigenvalue weighted by Gasteiger charge is -2.24. The van der Waals surface area contributed by atoms with Crippen molar-refractivity contribution >= 4 is 11.6 Å². The fourth-order valence-corrected chi connectivity index (χ4v) is 5.14. The molecule has 6 rings (SSSR count). The van der Waals surface area contributed by atoms with E-state index in [4.69, 9.17) is 0 Å². The second-order valence-corrected chi connectivity index (χ2v) is 8.90. The molecular weight excluding hydrogens is 380 g/mol. The second kappa shape index (κ2) is 6.12. The van der Waals surface area contributed by atoms with Crippen molar-refractivity contribution in [1.82, 2.24) is 0 Å². The van der Waals surface area contributed by atoms with Gasteiger partial charge in [-0.25, -0.2) is 0 Å². The molecule has 0 bridgehead atoms. The third kappa shape index (κ3) is 2.39. The quantitative estimate of drug-likeness (QED) is 0.325. The molecule has 0 unspecified atom stereocenters. The maximum atomic E-state index is 13.2. The normalized spacial score (nSPS) is 15.2. The van der Waals surface area contributed by atoms with Crippen LogP contribution < -0.4 is 0 Å². The number of fused-ring (bicyclic) bond motifs is 5. The minimum Gasteiger partial charge on any atom is -0.289 e. The van der Waals surface area contributed by atoms with E-state index in [9.17, 15) is 9.59 Å². The summed E-state index contributed by atoms with van der Waals surface area (Å²) in [6.07, 6.45) is 0. The highest BCUT2D eigenvalue weighted by atomic mass is 16.1. The number of benzene rings is 4. The van der Waals surface area contributed by atoms with Gasteiger partial charge in [0.25, 0.3) is 0 Å². The van der Waals surface area contributed by atoms with Crippen LogP contribution in [-0.4, -0.2) is 11.6 Å². The van der Waals surface area contributed by atoms with E-state index < -0.39 is 0 Å². The average molecular weight is 400 g/mol. The third-order valence-corrected chi connectivity index (χ3v) is 6.83. The van der Waals surface area contributed by atoms with Gasteiger partial charge in [0.15, 0.2) is 11.6 Å². The van der Waals surface area contributed by atoms with E-state index >= 15 is 0 Å². The van der Waals surface area contributed by atoms with E-state index in [-0.39, 0.29) is 17.0 Å². The fourth-order valence-electron chi connectivity index (χ4n) is 5.14. The van der Waals surface area contributed by atoms with E-state index in [1.807, 2.05) is 42.5 Å². The number of hydrogen-bond acceptors (Lipinski definition) is 2. The summed E-state index contributed by atoms with van der Waals surface area (Å²) in [7, 11) is 0. The van der Waals surface area contributed by atoms with E-state index in [0.29, 0.717) is 22.3 Å². The molecule has 0 fully saturated rings. The standard InChI is InChI=1S/C29H20O2/c1-29(2)25-14-18(17-8-4-3-5-9-17)12-13-19(25)22-15-23-24(16-26(22)29)28(31)21-11-7-6-10-20(21)27(23)30/h3-16H,1-2H3. The maximum Gasteiger partial charge on any atom is 0.194 e. The summed E-state index contributed by atoms with van der Waals surface area (Å²) >= 11 is 0. The number of carbonyl (C=O) groups excluding carboxylic acids is 2. The minimum absolute atomic E-state index is 0.0651. The molecule has 2 aliphatic carbocycles. The highest BCUT2D eigenvalue weighted by Crippen LogP contribution is 2.51. The summed E-state index contributed by atoms with van der Waals surface area (Å²) in [5, 5.41) is 0. The predicted molar refractivity (Wildman–Crippen MR) is 123 cm³/mol. The first kappa shape index (κ1) is 18.0. The number of ketones is 2. The zero-order valence-corrected chi connectivity index (χ0v) is 17.4. The Labute approximate surface area is 181 Å². The molecule has 0 heterocycles. The van der Waals surface area contributed by atoms with Crippen molar-refractivity contribution in [1.29, 1.82) is 0 Å². The summed E-state index contributed by atoms with van der Waals surface area (Å²) < 4.78 is 0. The van der Waals surface area contributed by atoms with Gasteiger partial charge < -0.3 is 0 Å². The van der Waals surface area contributed by atoms with Crippen molar-refractivity contribution in [3.63, 3.8) is 0 Å². The Bertz CT molecular complexity index is 1420. The Morgan fingerprint density at radius 1 is 0.484 bits per heavy atom. The zero-order chi connectivity index (χ0) is 21.3. The van der Waals surface area contributed by atoms with Crippen molar-refractivity contribution in [3.05, 3.63) is 118 Å². The Morgan fingerprint density at radius 2 is 1.06 bits per heavy atom. The summed E-state index contributed by atoms with van der Waals surface area (Å²) in [6, 6.07) is 27.9. The van der Waals surface area contributed by atoms with Crippen molar-refractivity contribution in [2.24, 2.45) is 0 Å². The molecule has 0 atom stereocenters. The van der Waals surface area contributed by atoms with Gasteiger partial charge >= 0.3 is 0 Å². The Morgan fingerprint density at radius 3 is 1.74 bits per heavy atom. The van der Waals surface area contributed by atoms with E-state index in [1.54, 1.807) is 12.1 Å². The molecule has 0 radical (unpaired) electrons. The van der Waals surface area contributed by atoms with Crippen LogP contribution in [-0.2, 0) is 5.41 Å². The summed E-state index contributed by atoms with van der Waals surface area (Å²) in [5.41, 5.74) is 8.64. The number of hydrogen-bond donors (Lipinski definition) is 0. The molecule has 0 aliphatic heterocycles. The molecule has 0 amide bonds. The van der Waals surface area contributed by atoms with Crippen molar-refractivity contribution in [2.45, 2.75) is 19.3 Å². The van der Waals surface area contributed by atoms with Gasteiger partial charge in [0.05, 0.1) is 0 Å². The zero-order valence-electron chi connectivity index (χ0n) is 17.4. The molecule has 4 aromatic rings. The third-order valence-electron chi connectivity index (χ3n) is 6.83. The molecule has 31 heavy (non-hydrogen) atoms. The van der Waals surface area contributed by atoms with Crippen molar-refractivity contribution < 1.29 is 9.59 Å². The van der Waals surface area contributed by atoms with Gasteiger partial charge in [-0.2, -0.15) is 0 Å². The van der Waals surface area contributed by atoms with E-state index in [0.717, 1.165) is 16.7 Å². The highest BCUT2D eigenvalue weighted by Gasteiger charge is 2.39. The van der Waals surface area contributed by atoms with Gasteiger partial charge in [-0.05, 0) is 51.6 Å². The first-order chi connectivity index (χ1) is 15.0. The predicted octanol–water partition coefficient (Wildman–Crippen LogP) is 6.44. The molecular formula is C29H20O2. The maximum absolute atomic E-state index is 13.2. The van der Waals surface area contributed by atoms with Gasteiger partial charge in [-0.15, -0.1) is 0 Å². The molecule has 0 saturated heterocycles. The number of rotatable bonds is 1. The molecule has 4 aromatic carbocycles. The van der Waals surface area contributed by atoms with Crippen LogP contribution in [0.1, 0.15) is 56.8 Å². The van der Waals surface area contributed by atoms with Crippen LogP contribution >= 0.6 is 0 Å². The minimum atomic E-state index is -0.259. The van der Waals surface area contributed by atoms with Crippen molar-refractivity contribution in [3.8, 4) is 22.3 Å². The van der Waals surface area contributed by atoms with Crippen LogP contribution in [0, 0.1) is 0 Å². The Hall–Kier alpha value is -3.78. The van der Waals surface area contributed by atoms with E-state index in [2.05, 4.69) is 44.2 Å². The Kier molecular flexibility index (Phi) is 3.56. The SMILES string of the molecule is CC1(C)c2cc(-c3ccccc3)ccc2-c2cc3c(cc21)C(=O)c1ccccc1C3=O. The second-order valence-electron chi connectivity index (χ2n) is 8.90. The summed E-state index contributed by atoms with van der Waals surface area (Å²) in [4.78, 5) is 26.4. The fraction of sp³-hybridized carbons (Fsp3) is 0.103. The highest BCUT2D eigenvalue weighted by molar-refractivity contribution is 6.28. The molecule has 0 saturated carbocycles. The molecule has 0 N–H and O–H groups in total. The van der Waals surface area contributed by atoms with Gasteiger partial charge in [0.1, 0.15) is 0 Å². The Balaban J connectivity index is 1.57. The molecule has 2 aliphatic rings. The molecule has 0 aromatic heterocycles. The van der Waals surface area contributed by atoms with Crippen LogP contribution in [0.15, 0.2) is 84.9 Å². The molecule has 2 heteroatoms. The van der Waals surface area contributed by atoms with Crippen molar-refractivity contribution in [2.75, 3.05) is 0 Å². The summed E-state index contributed by atoms with van der Waals surface area (Å²) in [5.74, 6) is -0.134. The van der Waals surface area contributed by atoms with Crippen LogP contribution in [0.5, 0.6) is 0 Å². The lowest BCUT2D eigenvalue weighted by atomic mass is 9.78. The van der Waals surface area contributed by atoms with Gasteiger partial charge in [-0.3, -0.25) is 9.59 Å². The topological polar surface area (TPSA) is 34.1 Å². The average Bonchev–Trinajstić information content (AvgIpc) is 3.03.